The predicted octanol–water partition coefficient (Wildman–Crippen LogP) is 3.92. The van der Waals surface area contributed by atoms with E-state index in [4.69, 9.17) is 4.74 Å². The summed E-state index contributed by atoms with van der Waals surface area (Å²) in [4.78, 5) is 0. The molecule has 0 aliphatic rings. The average Bonchev–Trinajstić information content (AvgIpc) is 2.40. The number of nitrogens with one attached hydrogen (secondary N) is 1. The molecule has 1 N–H and O–H groups in total. The molecule has 0 aromatic heterocycles. The Bertz CT molecular complexity index is 534. The normalized spacial score (nSPS) is 10.2. The van der Waals surface area contributed by atoms with Crippen molar-refractivity contribution >= 4 is 5.69 Å². The largest absolute Gasteiger partial charge is 0.497 e. The van der Waals surface area contributed by atoms with E-state index in [1.807, 2.05) is 12.1 Å². The second-order valence-corrected chi connectivity index (χ2v) is 4.52. The Morgan fingerprint density at radius 1 is 1.06 bits per heavy atom. The van der Waals surface area contributed by atoms with Crippen LogP contribution >= 0.6 is 0 Å². The van der Waals surface area contributed by atoms with Crippen LogP contribution in [0.15, 0.2) is 42.5 Å². The molecule has 0 saturated carbocycles. The maximum atomic E-state index is 5.22. The van der Waals surface area contributed by atoms with Crippen molar-refractivity contribution < 1.29 is 4.74 Å². The van der Waals surface area contributed by atoms with Crippen LogP contribution in [-0.2, 0) is 6.54 Å². The summed E-state index contributed by atoms with van der Waals surface area (Å²) in [6.45, 7) is 5.03. The second-order valence-electron chi connectivity index (χ2n) is 4.52. The van der Waals surface area contributed by atoms with Crippen LogP contribution in [0.4, 0.5) is 5.69 Å². The van der Waals surface area contributed by atoms with Crippen molar-refractivity contribution in [3.63, 3.8) is 0 Å². The number of hydrogen-bond acceptors (Lipinski definition) is 2. The van der Waals surface area contributed by atoms with Gasteiger partial charge < -0.3 is 10.1 Å². The molecule has 2 aromatic carbocycles. The zero-order valence-corrected chi connectivity index (χ0v) is 11.2. The highest BCUT2D eigenvalue weighted by molar-refractivity contribution is 5.52. The quantitative estimate of drug-likeness (QED) is 0.875. The van der Waals surface area contributed by atoms with Crippen LogP contribution < -0.4 is 10.1 Å². The first-order valence-corrected chi connectivity index (χ1v) is 6.13. The molecule has 0 aliphatic carbocycles. The number of ether oxygens (including phenoxy) is 1. The lowest BCUT2D eigenvalue weighted by molar-refractivity contribution is 0.414. The van der Waals surface area contributed by atoms with Gasteiger partial charge in [-0.25, -0.2) is 0 Å². The highest BCUT2D eigenvalue weighted by Gasteiger charge is 1.99. The molecule has 0 atom stereocenters. The maximum Gasteiger partial charge on any atom is 0.119 e. The molecule has 0 unspecified atom stereocenters. The van der Waals surface area contributed by atoms with Crippen LogP contribution in [0.2, 0.25) is 0 Å². The molecule has 18 heavy (non-hydrogen) atoms. The summed E-state index contributed by atoms with van der Waals surface area (Å²) >= 11 is 0. The van der Waals surface area contributed by atoms with Crippen molar-refractivity contribution in [2.45, 2.75) is 20.4 Å². The molecule has 2 heteroatoms. The lowest BCUT2D eigenvalue weighted by Crippen LogP contribution is -2.01. The zero-order chi connectivity index (χ0) is 13.0. The van der Waals surface area contributed by atoms with E-state index in [2.05, 4.69) is 49.5 Å². The number of anilines is 1. The fourth-order valence-electron chi connectivity index (χ4n) is 1.91. The van der Waals surface area contributed by atoms with Gasteiger partial charge in [0.15, 0.2) is 0 Å². The first-order chi connectivity index (χ1) is 8.69. The number of aryl methyl sites for hydroxylation is 2. The first kappa shape index (κ1) is 12.5. The standard InChI is InChI=1S/C16H19NO/c1-12-7-8-13(2)16(9-12)17-11-14-5-4-6-15(10-14)18-3/h4-10,17H,11H2,1-3H3. The summed E-state index contributed by atoms with van der Waals surface area (Å²) in [5.74, 6) is 0.898. The minimum Gasteiger partial charge on any atom is -0.497 e. The average molecular weight is 241 g/mol. The maximum absolute atomic E-state index is 5.22. The molecule has 0 saturated heterocycles. The van der Waals surface area contributed by atoms with E-state index in [1.54, 1.807) is 7.11 Å². The van der Waals surface area contributed by atoms with E-state index < -0.39 is 0 Å². The van der Waals surface area contributed by atoms with Crippen LogP contribution in [0.25, 0.3) is 0 Å². The molecule has 0 bridgehead atoms. The van der Waals surface area contributed by atoms with E-state index in [0.29, 0.717) is 0 Å². The number of benzene rings is 2. The summed E-state index contributed by atoms with van der Waals surface area (Å²) in [5.41, 5.74) is 4.95. The Balaban J connectivity index is 2.08. The molecule has 0 fully saturated rings. The smallest absolute Gasteiger partial charge is 0.119 e. The number of rotatable bonds is 4. The summed E-state index contributed by atoms with van der Waals surface area (Å²) in [6, 6.07) is 14.6. The highest BCUT2D eigenvalue weighted by atomic mass is 16.5. The molecule has 0 heterocycles. The third-order valence-corrected chi connectivity index (χ3v) is 3.01. The minimum atomic E-state index is 0.807. The van der Waals surface area contributed by atoms with Gasteiger partial charge in [-0.2, -0.15) is 0 Å². The van der Waals surface area contributed by atoms with E-state index in [-0.39, 0.29) is 0 Å². The van der Waals surface area contributed by atoms with Crippen LogP contribution in [0.3, 0.4) is 0 Å². The molecule has 0 spiro atoms. The highest BCUT2D eigenvalue weighted by Crippen LogP contribution is 2.18. The zero-order valence-electron chi connectivity index (χ0n) is 11.2. The van der Waals surface area contributed by atoms with Gasteiger partial charge in [0.25, 0.3) is 0 Å². The molecular weight excluding hydrogens is 222 g/mol. The lowest BCUT2D eigenvalue weighted by atomic mass is 10.1. The first-order valence-electron chi connectivity index (χ1n) is 6.13. The second kappa shape index (κ2) is 5.58. The third kappa shape index (κ3) is 3.04. The predicted molar refractivity (Wildman–Crippen MR) is 76.2 cm³/mol. The Kier molecular flexibility index (Phi) is 3.88. The van der Waals surface area contributed by atoms with Crippen molar-refractivity contribution in [3.05, 3.63) is 59.2 Å². The van der Waals surface area contributed by atoms with Gasteiger partial charge in [0.05, 0.1) is 7.11 Å². The molecule has 94 valence electrons. The van der Waals surface area contributed by atoms with Gasteiger partial charge in [-0.15, -0.1) is 0 Å². The monoisotopic (exact) mass is 241 g/mol. The van der Waals surface area contributed by atoms with Crippen LogP contribution in [0, 0.1) is 13.8 Å². The molecule has 2 aromatic rings. The van der Waals surface area contributed by atoms with Crippen molar-refractivity contribution in [2.24, 2.45) is 0 Å². The van der Waals surface area contributed by atoms with Gasteiger partial charge in [-0.05, 0) is 48.7 Å². The third-order valence-electron chi connectivity index (χ3n) is 3.01. The van der Waals surface area contributed by atoms with Crippen molar-refractivity contribution in [1.29, 1.82) is 0 Å². The number of methoxy groups -OCH3 is 1. The van der Waals surface area contributed by atoms with E-state index in [0.717, 1.165) is 12.3 Å². The Labute approximate surface area is 109 Å². The molecule has 0 radical (unpaired) electrons. The fourth-order valence-corrected chi connectivity index (χ4v) is 1.91. The van der Waals surface area contributed by atoms with Crippen LogP contribution in [-0.4, -0.2) is 7.11 Å². The van der Waals surface area contributed by atoms with Crippen molar-refractivity contribution in [1.82, 2.24) is 0 Å². The fraction of sp³-hybridized carbons (Fsp3) is 0.250. The van der Waals surface area contributed by atoms with E-state index >= 15 is 0 Å². The molecule has 2 rings (SSSR count). The van der Waals surface area contributed by atoms with Crippen LogP contribution in [0.1, 0.15) is 16.7 Å². The van der Waals surface area contributed by atoms with Crippen LogP contribution in [0.5, 0.6) is 5.75 Å². The van der Waals surface area contributed by atoms with Crippen molar-refractivity contribution in [3.8, 4) is 5.75 Å². The molecular formula is C16H19NO. The summed E-state index contributed by atoms with van der Waals surface area (Å²) < 4.78 is 5.22. The molecule has 0 amide bonds. The molecule has 2 nitrogen and oxygen atoms in total. The van der Waals surface area contributed by atoms with Gasteiger partial charge in [-0.3, -0.25) is 0 Å². The summed E-state index contributed by atoms with van der Waals surface area (Å²) in [5, 5.41) is 3.47. The lowest BCUT2D eigenvalue weighted by Gasteiger charge is -2.11. The molecule has 0 aliphatic heterocycles. The Hall–Kier alpha value is -1.96. The van der Waals surface area contributed by atoms with Gasteiger partial charge in [0, 0.05) is 12.2 Å². The van der Waals surface area contributed by atoms with E-state index in [1.165, 1.54) is 22.4 Å². The van der Waals surface area contributed by atoms with Gasteiger partial charge in [-0.1, -0.05) is 24.3 Å². The SMILES string of the molecule is COc1cccc(CNc2cc(C)ccc2C)c1. The van der Waals surface area contributed by atoms with Crippen molar-refractivity contribution in [2.75, 3.05) is 12.4 Å². The van der Waals surface area contributed by atoms with Gasteiger partial charge in [0.1, 0.15) is 5.75 Å². The Morgan fingerprint density at radius 3 is 2.67 bits per heavy atom. The number of hydrogen-bond donors (Lipinski definition) is 1. The van der Waals surface area contributed by atoms with E-state index in [9.17, 15) is 0 Å². The van der Waals surface area contributed by atoms with Gasteiger partial charge >= 0.3 is 0 Å². The summed E-state index contributed by atoms with van der Waals surface area (Å²) in [7, 11) is 1.69. The van der Waals surface area contributed by atoms with Gasteiger partial charge in [0.2, 0.25) is 0 Å². The minimum absolute atomic E-state index is 0.807. The topological polar surface area (TPSA) is 21.3 Å². The summed E-state index contributed by atoms with van der Waals surface area (Å²) in [6.07, 6.45) is 0. The Morgan fingerprint density at radius 2 is 1.89 bits per heavy atom.